The van der Waals surface area contributed by atoms with Gasteiger partial charge in [0.05, 0.1) is 7.11 Å². The van der Waals surface area contributed by atoms with Gasteiger partial charge in [0, 0.05) is 19.7 Å². The third-order valence-electron chi connectivity index (χ3n) is 2.01. The van der Waals surface area contributed by atoms with Crippen molar-refractivity contribution >= 4 is 11.9 Å². The summed E-state index contributed by atoms with van der Waals surface area (Å²) in [7, 11) is 4.20. The molecule has 0 fully saturated rings. The van der Waals surface area contributed by atoms with Crippen LogP contribution in [0.4, 0.5) is 9.18 Å². The minimum Gasteiger partial charge on any atom is -0.329 e. The van der Waals surface area contributed by atoms with E-state index in [-0.39, 0.29) is 5.56 Å². The van der Waals surface area contributed by atoms with Crippen molar-refractivity contribution in [2.24, 2.45) is 0 Å². The van der Waals surface area contributed by atoms with Crippen LogP contribution >= 0.6 is 0 Å². The molecule has 92 valence electrons. The van der Waals surface area contributed by atoms with Crippen molar-refractivity contribution in [2.45, 2.75) is 0 Å². The fourth-order valence-electron chi connectivity index (χ4n) is 1.14. The van der Waals surface area contributed by atoms with Crippen LogP contribution in [0.1, 0.15) is 10.4 Å². The Hall–Kier alpha value is -1.95. The molecule has 0 saturated heterocycles. The Morgan fingerprint density at radius 2 is 1.71 bits per heavy atom. The van der Waals surface area contributed by atoms with Crippen molar-refractivity contribution in [1.82, 2.24) is 9.96 Å². The zero-order valence-electron chi connectivity index (χ0n) is 9.81. The van der Waals surface area contributed by atoms with Gasteiger partial charge >= 0.3 is 6.03 Å². The van der Waals surface area contributed by atoms with Crippen molar-refractivity contribution in [3.63, 3.8) is 0 Å². The molecule has 0 unspecified atom stereocenters. The average molecular weight is 240 g/mol. The van der Waals surface area contributed by atoms with E-state index in [1.807, 2.05) is 0 Å². The molecule has 0 N–H and O–H groups in total. The molecule has 0 aliphatic rings. The Morgan fingerprint density at radius 1 is 1.18 bits per heavy atom. The van der Waals surface area contributed by atoms with Gasteiger partial charge in [-0.1, -0.05) is 0 Å². The van der Waals surface area contributed by atoms with E-state index in [9.17, 15) is 14.0 Å². The molecule has 17 heavy (non-hydrogen) atoms. The third-order valence-corrected chi connectivity index (χ3v) is 2.01. The predicted octanol–water partition coefficient (Wildman–Crippen LogP) is 1.51. The summed E-state index contributed by atoms with van der Waals surface area (Å²) in [5.74, 6) is -1.10. The van der Waals surface area contributed by atoms with Crippen molar-refractivity contribution in [1.29, 1.82) is 0 Å². The van der Waals surface area contributed by atoms with Crippen LogP contribution in [0.3, 0.4) is 0 Å². The number of hydroxylamine groups is 2. The molecule has 0 radical (unpaired) electrons. The van der Waals surface area contributed by atoms with Crippen LogP contribution < -0.4 is 0 Å². The minimum atomic E-state index is -0.647. The van der Waals surface area contributed by atoms with Gasteiger partial charge in [0.2, 0.25) is 0 Å². The summed E-state index contributed by atoms with van der Waals surface area (Å²) < 4.78 is 12.7. The van der Waals surface area contributed by atoms with Crippen LogP contribution in [0.5, 0.6) is 0 Å². The van der Waals surface area contributed by atoms with Crippen LogP contribution in [0.2, 0.25) is 0 Å². The van der Waals surface area contributed by atoms with Gasteiger partial charge in [-0.2, -0.15) is 0 Å². The summed E-state index contributed by atoms with van der Waals surface area (Å²) in [5, 5.41) is 0.604. The molecule has 0 aromatic heterocycles. The van der Waals surface area contributed by atoms with E-state index in [1.165, 1.54) is 38.2 Å². The molecule has 6 heteroatoms. The topological polar surface area (TPSA) is 49.9 Å². The van der Waals surface area contributed by atoms with E-state index in [0.717, 1.165) is 12.1 Å². The number of imide groups is 1. The Kier molecular flexibility index (Phi) is 4.17. The van der Waals surface area contributed by atoms with Crippen molar-refractivity contribution in [3.05, 3.63) is 35.6 Å². The van der Waals surface area contributed by atoms with Gasteiger partial charge in [-0.25, -0.2) is 9.18 Å². The Balaban J connectivity index is 2.94. The second-order valence-corrected chi connectivity index (χ2v) is 3.47. The van der Waals surface area contributed by atoms with Crippen molar-refractivity contribution in [3.8, 4) is 0 Å². The lowest BCUT2D eigenvalue weighted by atomic mass is 10.2. The molecule has 0 atom stereocenters. The molecule has 3 amide bonds. The summed E-state index contributed by atoms with van der Waals surface area (Å²) in [5.41, 5.74) is 0.170. The number of halogens is 1. The number of nitrogens with zero attached hydrogens (tertiary/aromatic N) is 2. The predicted molar refractivity (Wildman–Crippen MR) is 58.7 cm³/mol. The SMILES string of the molecule is CON(C(=O)c1ccc(F)cc1)C(=O)N(C)C. The molecule has 0 aliphatic heterocycles. The van der Waals surface area contributed by atoms with Gasteiger partial charge < -0.3 is 4.90 Å². The van der Waals surface area contributed by atoms with E-state index >= 15 is 0 Å². The summed E-state index contributed by atoms with van der Waals surface area (Å²) in [6.07, 6.45) is 0. The Morgan fingerprint density at radius 3 is 2.12 bits per heavy atom. The molecule has 1 rings (SSSR count). The van der Waals surface area contributed by atoms with E-state index in [4.69, 9.17) is 4.84 Å². The first-order valence-electron chi connectivity index (χ1n) is 4.82. The lowest BCUT2D eigenvalue weighted by Gasteiger charge is -2.21. The molecule has 0 bridgehead atoms. The quantitative estimate of drug-likeness (QED) is 0.736. The fraction of sp³-hybridized carbons (Fsp3) is 0.273. The first kappa shape index (κ1) is 13.1. The normalized spacial score (nSPS) is 9.88. The molecule has 1 aromatic rings. The van der Waals surface area contributed by atoms with Crippen LogP contribution in [0.25, 0.3) is 0 Å². The highest BCUT2D eigenvalue weighted by molar-refractivity contribution is 6.03. The van der Waals surface area contributed by atoms with Crippen LogP contribution in [-0.2, 0) is 4.84 Å². The number of hydrogen-bond acceptors (Lipinski definition) is 3. The van der Waals surface area contributed by atoms with Gasteiger partial charge in [-0.3, -0.25) is 9.63 Å². The number of carbonyl (C=O) groups excluding carboxylic acids is 2. The summed E-state index contributed by atoms with van der Waals surface area (Å²) in [6.45, 7) is 0. The van der Waals surface area contributed by atoms with Crippen LogP contribution in [-0.4, -0.2) is 43.1 Å². The largest absolute Gasteiger partial charge is 0.351 e. The molecule has 0 aliphatic carbocycles. The van der Waals surface area contributed by atoms with Gasteiger partial charge in [-0.05, 0) is 24.3 Å². The smallest absolute Gasteiger partial charge is 0.329 e. The number of benzene rings is 1. The average Bonchev–Trinajstić information content (AvgIpc) is 2.30. The lowest BCUT2D eigenvalue weighted by Crippen LogP contribution is -2.42. The number of amides is 3. The summed E-state index contributed by atoms with van der Waals surface area (Å²) in [4.78, 5) is 29.4. The number of rotatable bonds is 2. The second-order valence-electron chi connectivity index (χ2n) is 3.47. The van der Waals surface area contributed by atoms with Gasteiger partial charge in [-0.15, -0.1) is 5.06 Å². The minimum absolute atomic E-state index is 0.170. The van der Waals surface area contributed by atoms with Crippen molar-refractivity contribution in [2.75, 3.05) is 21.2 Å². The maximum absolute atomic E-state index is 12.7. The molecule has 1 aromatic carbocycles. The maximum atomic E-state index is 12.7. The molecule has 0 saturated carbocycles. The zero-order chi connectivity index (χ0) is 13.0. The van der Waals surface area contributed by atoms with Gasteiger partial charge in [0.15, 0.2) is 0 Å². The van der Waals surface area contributed by atoms with E-state index in [1.54, 1.807) is 0 Å². The molecular formula is C11H13FN2O3. The highest BCUT2D eigenvalue weighted by atomic mass is 19.1. The summed E-state index contributed by atoms with van der Waals surface area (Å²) >= 11 is 0. The number of carbonyl (C=O) groups is 2. The van der Waals surface area contributed by atoms with Gasteiger partial charge in [0.1, 0.15) is 5.82 Å². The number of urea groups is 1. The molecular weight excluding hydrogens is 227 g/mol. The third kappa shape index (κ3) is 3.01. The highest BCUT2D eigenvalue weighted by Crippen LogP contribution is 2.08. The molecule has 0 spiro atoms. The monoisotopic (exact) mass is 240 g/mol. The Bertz CT molecular complexity index is 417. The van der Waals surface area contributed by atoms with Crippen molar-refractivity contribution < 1.29 is 18.8 Å². The van der Waals surface area contributed by atoms with Gasteiger partial charge in [0.25, 0.3) is 5.91 Å². The maximum Gasteiger partial charge on any atom is 0.351 e. The molecule has 5 nitrogen and oxygen atoms in total. The zero-order valence-corrected chi connectivity index (χ0v) is 9.81. The fourth-order valence-corrected chi connectivity index (χ4v) is 1.14. The highest BCUT2D eigenvalue weighted by Gasteiger charge is 2.24. The second kappa shape index (κ2) is 5.40. The number of hydrogen-bond donors (Lipinski definition) is 0. The van der Waals surface area contributed by atoms with E-state index in [2.05, 4.69) is 0 Å². The first-order valence-corrected chi connectivity index (χ1v) is 4.82. The van der Waals surface area contributed by atoms with Crippen LogP contribution in [0.15, 0.2) is 24.3 Å². The first-order chi connectivity index (χ1) is 7.97. The molecule has 0 heterocycles. The van der Waals surface area contributed by atoms with E-state index in [0.29, 0.717) is 5.06 Å². The van der Waals surface area contributed by atoms with E-state index < -0.39 is 17.8 Å². The Labute approximate surface area is 98.3 Å². The van der Waals surface area contributed by atoms with Crippen LogP contribution in [0, 0.1) is 5.82 Å². The lowest BCUT2D eigenvalue weighted by molar-refractivity contribution is -0.0655. The standard InChI is InChI=1S/C11H13FN2O3/c1-13(2)11(16)14(17-3)10(15)8-4-6-9(12)7-5-8/h4-7H,1-3H3. The summed E-state index contributed by atoms with van der Waals surface area (Å²) in [6, 6.07) is 4.24.